The van der Waals surface area contributed by atoms with E-state index >= 15 is 0 Å². The van der Waals surface area contributed by atoms with Gasteiger partial charge in [-0.05, 0) is 57.4 Å². The average molecular weight is 316 g/mol. The number of amides is 1. The standard InChI is InChI=1S/C17H20N2O4/c1-16(2,3)23-15(22)19-9-12(17(6-7-17)14(18)21)11-8-10(20)4-5-13(11)19/h4-5,8-9,20H,6-7H2,1-3H3,(H2,18,21). The molecule has 1 aromatic heterocycles. The van der Waals surface area contributed by atoms with Gasteiger partial charge in [-0.15, -0.1) is 0 Å². The third-order valence-electron chi connectivity index (χ3n) is 4.12. The Morgan fingerprint density at radius 2 is 1.96 bits per heavy atom. The van der Waals surface area contributed by atoms with Crippen LogP contribution in [0.3, 0.4) is 0 Å². The van der Waals surface area contributed by atoms with Gasteiger partial charge in [0.2, 0.25) is 5.91 Å². The molecule has 6 nitrogen and oxygen atoms in total. The highest BCUT2D eigenvalue weighted by molar-refractivity contribution is 6.00. The van der Waals surface area contributed by atoms with Gasteiger partial charge in [-0.1, -0.05) is 0 Å². The monoisotopic (exact) mass is 316 g/mol. The highest BCUT2D eigenvalue weighted by Crippen LogP contribution is 2.51. The maximum absolute atomic E-state index is 12.5. The molecule has 0 bridgehead atoms. The lowest BCUT2D eigenvalue weighted by atomic mass is 9.95. The SMILES string of the molecule is CC(C)(C)OC(=O)n1cc(C2(C(N)=O)CC2)c2cc(O)ccc21. The molecule has 0 saturated heterocycles. The number of hydrogen-bond donors (Lipinski definition) is 2. The lowest BCUT2D eigenvalue weighted by molar-refractivity contribution is -0.120. The molecule has 1 aliphatic rings. The number of carbonyl (C=O) groups is 2. The van der Waals surface area contributed by atoms with Crippen LogP contribution in [0.25, 0.3) is 10.9 Å². The Morgan fingerprint density at radius 3 is 2.48 bits per heavy atom. The van der Waals surface area contributed by atoms with E-state index in [1.54, 1.807) is 39.1 Å². The zero-order valence-corrected chi connectivity index (χ0v) is 13.4. The van der Waals surface area contributed by atoms with Crippen molar-refractivity contribution in [3.63, 3.8) is 0 Å². The molecule has 0 atom stereocenters. The Morgan fingerprint density at radius 1 is 1.30 bits per heavy atom. The predicted molar refractivity (Wildman–Crippen MR) is 85.3 cm³/mol. The fourth-order valence-corrected chi connectivity index (χ4v) is 2.83. The molecule has 1 heterocycles. The molecule has 1 amide bonds. The summed E-state index contributed by atoms with van der Waals surface area (Å²) in [4.78, 5) is 24.3. The summed E-state index contributed by atoms with van der Waals surface area (Å²) >= 11 is 0. The van der Waals surface area contributed by atoms with Crippen molar-refractivity contribution in [3.05, 3.63) is 30.0 Å². The summed E-state index contributed by atoms with van der Waals surface area (Å²) < 4.78 is 6.79. The molecular formula is C17H20N2O4. The fraction of sp³-hybridized carbons (Fsp3) is 0.412. The number of aromatic nitrogens is 1. The molecule has 3 N–H and O–H groups in total. The smallest absolute Gasteiger partial charge is 0.419 e. The summed E-state index contributed by atoms with van der Waals surface area (Å²) in [6.07, 6.45) is 2.37. The molecule has 0 spiro atoms. The Balaban J connectivity index is 2.17. The van der Waals surface area contributed by atoms with Crippen LogP contribution in [0, 0.1) is 0 Å². The first-order chi connectivity index (χ1) is 10.6. The number of carbonyl (C=O) groups excluding carboxylic acids is 2. The van der Waals surface area contributed by atoms with E-state index in [-0.39, 0.29) is 5.75 Å². The highest BCUT2D eigenvalue weighted by Gasteiger charge is 2.51. The second kappa shape index (κ2) is 4.75. The molecule has 2 aromatic rings. The molecule has 1 aliphatic carbocycles. The number of primary amides is 1. The Hall–Kier alpha value is -2.50. The van der Waals surface area contributed by atoms with Crippen LogP contribution in [-0.2, 0) is 14.9 Å². The quantitative estimate of drug-likeness (QED) is 0.890. The van der Waals surface area contributed by atoms with E-state index in [0.29, 0.717) is 29.3 Å². The van der Waals surface area contributed by atoms with Crippen LogP contribution in [0.1, 0.15) is 39.2 Å². The van der Waals surface area contributed by atoms with Gasteiger partial charge in [0.25, 0.3) is 0 Å². The van der Waals surface area contributed by atoms with Crippen molar-refractivity contribution in [1.82, 2.24) is 4.57 Å². The number of nitrogens with two attached hydrogens (primary N) is 1. The van der Waals surface area contributed by atoms with E-state index in [1.807, 2.05) is 0 Å². The van der Waals surface area contributed by atoms with E-state index in [0.717, 1.165) is 0 Å². The van der Waals surface area contributed by atoms with E-state index in [9.17, 15) is 14.7 Å². The van der Waals surface area contributed by atoms with Crippen LogP contribution >= 0.6 is 0 Å². The molecule has 6 heteroatoms. The first-order valence-electron chi connectivity index (χ1n) is 7.52. The van der Waals surface area contributed by atoms with Crippen LogP contribution in [0.15, 0.2) is 24.4 Å². The van der Waals surface area contributed by atoms with Crippen molar-refractivity contribution >= 4 is 22.9 Å². The van der Waals surface area contributed by atoms with Crippen molar-refractivity contribution in [2.75, 3.05) is 0 Å². The van der Waals surface area contributed by atoms with Crippen molar-refractivity contribution in [2.24, 2.45) is 5.73 Å². The summed E-state index contributed by atoms with van der Waals surface area (Å²) in [6, 6.07) is 4.68. The van der Waals surface area contributed by atoms with Gasteiger partial charge >= 0.3 is 6.09 Å². The normalized spacial score (nSPS) is 16.3. The molecule has 23 heavy (non-hydrogen) atoms. The first kappa shape index (κ1) is 15.4. The molecule has 0 aliphatic heterocycles. The summed E-state index contributed by atoms with van der Waals surface area (Å²) in [5.41, 5.74) is 5.42. The first-order valence-corrected chi connectivity index (χ1v) is 7.52. The minimum absolute atomic E-state index is 0.0703. The molecule has 1 fully saturated rings. The number of nitrogens with zero attached hydrogens (tertiary/aromatic N) is 1. The second-order valence-corrected chi connectivity index (χ2v) is 7.04. The fourth-order valence-electron chi connectivity index (χ4n) is 2.83. The van der Waals surface area contributed by atoms with Gasteiger partial charge in [0.05, 0.1) is 10.9 Å². The molecule has 1 aromatic carbocycles. The summed E-state index contributed by atoms with van der Waals surface area (Å²) in [5, 5.41) is 10.4. The van der Waals surface area contributed by atoms with E-state index < -0.39 is 23.0 Å². The molecule has 0 radical (unpaired) electrons. The summed E-state index contributed by atoms with van der Waals surface area (Å²) in [7, 11) is 0. The van der Waals surface area contributed by atoms with Gasteiger partial charge in [-0.3, -0.25) is 9.36 Å². The molecule has 0 unspecified atom stereocenters. The van der Waals surface area contributed by atoms with Crippen molar-refractivity contribution < 1.29 is 19.4 Å². The van der Waals surface area contributed by atoms with Gasteiger partial charge in [0.1, 0.15) is 11.4 Å². The van der Waals surface area contributed by atoms with Gasteiger partial charge in [-0.25, -0.2) is 4.79 Å². The number of aromatic hydroxyl groups is 1. The van der Waals surface area contributed by atoms with Crippen LogP contribution < -0.4 is 5.73 Å². The third-order valence-corrected chi connectivity index (χ3v) is 4.12. The Kier molecular flexibility index (Phi) is 3.18. The Labute approximate surface area is 133 Å². The molecule has 1 saturated carbocycles. The van der Waals surface area contributed by atoms with Crippen LogP contribution in [-0.4, -0.2) is 27.3 Å². The number of ether oxygens (including phenoxy) is 1. The minimum Gasteiger partial charge on any atom is -0.508 e. The van der Waals surface area contributed by atoms with E-state index in [4.69, 9.17) is 10.5 Å². The summed E-state index contributed by atoms with van der Waals surface area (Å²) in [5.74, 6) is -0.343. The van der Waals surface area contributed by atoms with Crippen molar-refractivity contribution in [2.45, 2.75) is 44.6 Å². The van der Waals surface area contributed by atoms with Crippen molar-refractivity contribution in [1.29, 1.82) is 0 Å². The number of fused-ring (bicyclic) bond motifs is 1. The van der Waals surface area contributed by atoms with Crippen LogP contribution in [0.5, 0.6) is 5.75 Å². The zero-order chi connectivity index (χ0) is 17.0. The van der Waals surface area contributed by atoms with E-state index in [2.05, 4.69) is 0 Å². The number of benzene rings is 1. The predicted octanol–water partition coefficient (Wildman–Crippen LogP) is 2.65. The molecule has 3 rings (SSSR count). The maximum atomic E-state index is 12.5. The highest BCUT2D eigenvalue weighted by atomic mass is 16.6. The molecular weight excluding hydrogens is 296 g/mol. The van der Waals surface area contributed by atoms with Gasteiger partial charge in [0, 0.05) is 11.6 Å². The largest absolute Gasteiger partial charge is 0.508 e. The number of rotatable bonds is 2. The Bertz CT molecular complexity index is 810. The lowest BCUT2D eigenvalue weighted by Gasteiger charge is -2.19. The summed E-state index contributed by atoms with van der Waals surface area (Å²) in [6.45, 7) is 5.36. The maximum Gasteiger partial charge on any atom is 0.419 e. The van der Waals surface area contributed by atoms with Gasteiger partial charge in [0.15, 0.2) is 0 Å². The average Bonchev–Trinajstić information content (AvgIpc) is 3.13. The zero-order valence-electron chi connectivity index (χ0n) is 13.4. The lowest BCUT2D eigenvalue weighted by Crippen LogP contribution is -2.28. The number of hydrogen-bond acceptors (Lipinski definition) is 4. The number of phenols is 1. The van der Waals surface area contributed by atoms with Gasteiger partial charge in [-0.2, -0.15) is 0 Å². The van der Waals surface area contributed by atoms with Crippen molar-refractivity contribution in [3.8, 4) is 5.75 Å². The van der Waals surface area contributed by atoms with Crippen LogP contribution in [0.2, 0.25) is 0 Å². The second-order valence-electron chi connectivity index (χ2n) is 7.04. The third kappa shape index (κ3) is 2.54. The topological polar surface area (TPSA) is 94.5 Å². The van der Waals surface area contributed by atoms with Gasteiger partial charge < -0.3 is 15.6 Å². The number of phenolic OH excluding ortho intramolecular Hbond substituents is 1. The van der Waals surface area contributed by atoms with Crippen LogP contribution in [0.4, 0.5) is 4.79 Å². The molecule has 122 valence electrons. The van der Waals surface area contributed by atoms with E-state index in [1.165, 1.54) is 10.6 Å². The minimum atomic E-state index is -0.751.